The molecule has 0 saturated carbocycles. The van der Waals surface area contributed by atoms with Gasteiger partial charge < -0.3 is 29.6 Å². The molecule has 2 aromatic heterocycles. The van der Waals surface area contributed by atoms with Crippen LogP contribution in [0.4, 0.5) is 0 Å². The lowest BCUT2D eigenvalue weighted by atomic mass is 10.4. The molecule has 0 spiro atoms. The average molecular weight is 322 g/mol. The van der Waals surface area contributed by atoms with Gasteiger partial charge in [0.25, 0.3) is 0 Å². The summed E-state index contributed by atoms with van der Waals surface area (Å²) >= 11 is 0. The van der Waals surface area contributed by atoms with E-state index in [1.165, 1.54) is 22.8 Å². The molecule has 5 heterocycles. The van der Waals surface area contributed by atoms with Crippen LogP contribution in [0.1, 0.15) is 22.8 Å². The SMILES string of the molecule is C1=CN2Cc3ccc([nH]3)CN3C=CN(Cc4ccc([nH]4)CN1C2)C3. The highest BCUT2D eigenvalue weighted by atomic mass is 15.4. The van der Waals surface area contributed by atoms with E-state index >= 15 is 0 Å². The van der Waals surface area contributed by atoms with Gasteiger partial charge in [-0.25, -0.2) is 0 Å². The van der Waals surface area contributed by atoms with E-state index < -0.39 is 0 Å². The van der Waals surface area contributed by atoms with Crippen LogP contribution in [0.15, 0.2) is 49.1 Å². The first-order chi connectivity index (χ1) is 11.8. The van der Waals surface area contributed by atoms with Gasteiger partial charge in [0.1, 0.15) is 0 Å². The van der Waals surface area contributed by atoms with E-state index in [1.54, 1.807) is 0 Å². The van der Waals surface area contributed by atoms with Crippen LogP contribution in [-0.4, -0.2) is 42.9 Å². The Morgan fingerprint density at radius 2 is 0.792 bits per heavy atom. The number of fused-ring (bicyclic) bond motifs is 8. The maximum absolute atomic E-state index is 3.57. The number of rotatable bonds is 0. The summed E-state index contributed by atoms with van der Waals surface area (Å²) in [6.45, 7) is 5.55. The minimum atomic E-state index is 0.922. The lowest BCUT2D eigenvalue weighted by Crippen LogP contribution is -2.26. The molecule has 3 aliphatic rings. The molecule has 2 aromatic rings. The molecule has 0 aliphatic carbocycles. The Labute approximate surface area is 141 Å². The predicted octanol–water partition coefficient (Wildman–Crippen LogP) is 2.15. The van der Waals surface area contributed by atoms with Crippen molar-refractivity contribution in [2.75, 3.05) is 13.3 Å². The van der Waals surface area contributed by atoms with Gasteiger partial charge in [0, 0.05) is 47.6 Å². The Kier molecular flexibility index (Phi) is 3.07. The third-order valence-electron chi connectivity index (χ3n) is 4.81. The van der Waals surface area contributed by atoms with E-state index in [0.717, 1.165) is 39.5 Å². The maximum atomic E-state index is 3.57. The number of hydrogen-bond acceptors (Lipinski definition) is 4. The maximum Gasteiger partial charge on any atom is 0.0901 e. The summed E-state index contributed by atoms with van der Waals surface area (Å²) in [6, 6.07) is 8.83. The molecule has 6 heteroatoms. The molecule has 3 aliphatic heterocycles. The second kappa shape index (κ2) is 5.40. The van der Waals surface area contributed by atoms with Crippen LogP contribution >= 0.6 is 0 Å². The topological polar surface area (TPSA) is 44.5 Å². The number of nitrogens with zero attached hydrogens (tertiary/aromatic N) is 4. The van der Waals surface area contributed by atoms with Gasteiger partial charge in [0.2, 0.25) is 0 Å². The second-order valence-corrected chi connectivity index (χ2v) is 6.88. The molecule has 0 radical (unpaired) electrons. The number of aromatic amines is 2. The summed E-state index contributed by atoms with van der Waals surface area (Å²) in [4.78, 5) is 16.5. The van der Waals surface area contributed by atoms with Crippen LogP contribution in [0.25, 0.3) is 0 Å². The summed E-state index contributed by atoms with van der Waals surface area (Å²) < 4.78 is 0. The Balaban J connectivity index is 1.41. The van der Waals surface area contributed by atoms with Gasteiger partial charge in [-0.05, 0) is 24.3 Å². The third-order valence-corrected chi connectivity index (χ3v) is 4.81. The van der Waals surface area contributed by atoms with Crippen molar-refractivity contribution < 1.29 is 0 Å². The molecule has 0 atom stereocenters. The quantitative estimate of drug-likeness (QED) is 0.780. The van der Waals surface area contributed by atoms with Crippen LogP contribution in [0.2, 0.25) is 0 Å². The zero-order valence-corrected chi connectivity index (χ0v) is 13.7. The molecule has 6 nitrogen and oxygen atoms in total. The van der Waals surface area contributed by atoms with Crippen LogP contribution in [-0.2, 0) is 26.2 Å². The van der Waals surface area contributed by atoms with Crippen molar-refractivity contribution >= 4 is 0 Å². The number of nitrogens with one attached hydrogen (secondary N) is 2. The van der Waals surface area contributed by atoms with Gasteiger partial charge in [-0.15, -0.1) is 0 Å². The van der Waals surface area contributed by atoms with Crippen molar-refractivity contribution in [3.05, 3.63) is 71.8 Å². The first-order valence-corrected chi connectivity index (χ1v) is 8.46. The zero-order chi connectivity index (χ0) is 15.9. The molecule has 124 valence electrons. The van der Waals surface area contributed by atoms with E-state index in [2.05, 4.69) is 78.6 Å². The molecule has 0 fully saturated rings. The highest BCUT2D eigenvalue weighted by Gasteiger charge is 2.17. The van der Waals surface area contributed by atoms with E-state index in [9.17, 15) is 0 Å². The molecule has 0 aromatic carbocycles. The van der Waals surface area contributed by atoms with Crippen molar-refractivity contribution in [1.82, 2.24) is 29.6 Å². The third kappa shape index (κ3) is 2.64. The molecular weight excluding hydrogens is 300 g/mol. The Hall–Kier alpha value is -2.76. The highest BCUT2D eigenvalue weighted by Crippen LogP contribution is 2.19. The normalized spacial score (nSPS) is 19.7. The number of hydrogen-bond donors (Lipinski definition) is 2. The van der Waals surface area contributed by atoms with E-state index in [4.69, 9.17) is 0 Å². The molecule has 0 amide bonds. The van der Waals surface area contributed by atoms with E-state index in [1.807, 2.05) is 0 Å². The Morgan fingerprint density at radius 1 is 0.500 bits per heavy atom. The highest BCUT2D eigenvalue weighted by molar-refractivity contribution is 5.17. The molecule has 24 heavy (non-hydrogen) atoms. The molecular formula is C18H22N6. The molecule has 0 unspecified atom stereocenters. The van der Waals surface area contributed by atoms with Crippen LogP contribution in [0.3, 0.4) is 0 Å². The summed E-state index contributed by atoms with van der Waals surface area (Å²) in [6.07, 6.45) is 8.73. The molecule has 0 saturated heterocycles. The van der Waals surface area contributed by atoms with Gasteiger partial charge in [0.05, 0.1) is 39.5 Å². The first kappa shape index (κ1) is 13.7. The minimum absolute atomic E-state index is 0.922. The van der Waals surface area contributed by atoms with Gasteiger partial charge >= 0.3 is 0 Å². The molecule has 5 rings (SSSR count). The average Bonchev–Trinajstić information content (AvgIpc) is 3.32. The predicted molar refractivity (Wildman–Crippen MR) is 91.8 cm³/mol. The lowest BCUT2D eigenvalue weighted by Gasteiger charge is -2.22. The lowest BCUT2D eigenvalue weighted by molar-refractivity contribution is 0.245. The van der Waals surface area contributed by atoms with Gasteiger partial charge in [0.15, 0.2) is 0 Å². The summed E-state index contributed by atoms with van der Waals surface area (Å²) in [7, 11) is 0. The standard InChI is InChI=1S/C18H22N6/c1-2-16-10-22-7-8-24(14-22)12-18-4-3-17(20-18)11-23-6-5-21(13-23)9-15(1)19-16/h1-8,19-20H,9-14H2. The molecule has 8 bridgehead atoms. The molecule has 2 N–H and O–H groups in total. The smallest absolute Gasteiger partial charge is 0.0901 e. The largest absolute Gasteiger partial charge is 0.359 e. The van der Waals surface area contributed by atoms with Crippen LogP contribution in [0.5, 0.6) is 0 Å². The fourth-order valence-electron chi connectivity index (χ4n) is 3.67. The van der Waals surface area contributed by atoms with Crippen molar-refractivity contribution in [2.45, 2.75) is 26.2 Å². The van der Waals surface area contributed by atoms with Crippen molar-refractivity contribution in [3.63, 3.8) is 0 Å². The Bertz CT molecular complexity index is 662. The number of aromatic nitrogens is 2. The zero-order valence-electron chi connectivity index (χ0n) is 13.7. The fraction of sp³-hybridized carbons (Fsp3) is 0.333. The van der Waals surface area contributed by atoms with Gasteiger partial charge in [-0.3, -0.25) is 0 Å². The summed E-state index contributed by atoms with van der Waals surface area (Å²) in [5.74, 6) is 0. The van der Waals surface area contributed by atoms with Gasteiger partial charge in [-0.1, -0.05) is 0 Å². The van der Waals surface area contributed by atoms with E-state index in [0.29, 0.717) is 0 Å². The second-order valence-electron chi connectivity index (χ2n) is 6.88. The van der Waals surface area contributed by atoms with E-state index in [-0.39, 0.29) is 0 Å². The van der Waals surface area contributed by atoms with Crippen LogP contribution < -0.4 is 0 Å². The van der Waals surface area contributed by atoms with Gasteiger partial charge in [-0.2, -0.15) is 0 Å². The summed E-state index contributed by atoms with van der Waals surface area (Å²) in [5, 5.41) is 0. The minimum Gasteiger partial charge on any atom is -0.359 e. The van der Waals surface area contributed by atoms with Crippen molar-refractivity contribution in [2.24, 2.45) is 0 Å². The van der Waals surface area contributed by atoms with Crippen LogP contribution in [0, 0.1) is 0 Å². The summed E-state index contributed by atoms with van der Waals surface area (Å²) in [5.41, 5.74) is 5.08. The number of H-pyrrole nitrogens is 2. The van der Waals surface area contributed by atoms with Crippen molar-refractivity contribution in [1.29, 1.82) is 0 Å². The van der Waals surface area contributed by atoms with Crippen molar-refractivity contribution in [3.8, 4) is 0 Å². The monoisotopic (exact) mass is 322 g/mol. The Morgan fingerprint density at radius 3 is 1.08 bits per heavy atom. The first-order valence-electron chi connectivity index (χ1n) is 8.46. The fourth-order valence-corrected chi connectivity index (χ4v) is 3.67.